The van der Waals surface area contributed by atoms with Crippen LogP contribution in [0, 0.1) is 5.41 Å². The van der Waals surface area contributed by atoms with Crippen LogP contribution in [0.15, 0.2) is 0 Å². The molecule has 0 N–H and O–H groups in total. The fraction of sp³-hybridized carbons (Fsp3) is 0.750. The van der Waals surface area contributed by atoms with Gasteiger partial charge in [0.15, 0.2) is 0 Å². The third-order valence-electron chi connectivity index (χ3n) is 3.25. The molecule has 0 spiro atoms. The lowest BCUT2D eigenvalue weighted by Crippen LogP contribution is -2.38. The number of nitrogens with zero attached hydrogens (tertiary/aromatic N) is 1. The molecule has 1 heterocycles. The van der Waals surface area contributed by atoms with Crippen molar-refractivity contribution < 1.29 is 19.2 Å². The Bertz CT molecular complexity index is 323. The topological polar surface area (TPSA) is 63.7 Å². The summed E-state index contributed by atoms with van der Waals surface area (Å²) < 4.78 is 0. The van der Waals surface area contributed by atoms with Crippen LogP contribution >= 0.6 is 0 Å². The molecule has 1 saturated heterocycles. The molecule has 0 aliphatic carbocycles. The standard InChI is InChI=1S/C12H19NO4/c1-4-8-12(3,5-2)11(16)17-13-9(14)6-7-10(13)15/h4-8H2,1-3H3. The number of carbonyl (C=O) groups excluding carboxylic acids is 3. The monoisotopic (exact) mass is 241 g/mol. The Labute approximate surface area is 101 Å². The largest absolute Gasteiger partial charge is 0.338 e. The first-order valence-electron chi connectivity index (χ1n) is 6.02. The van der Waals surface area contributed by atoms with Gasteiger partial charge in [0.1, 0.15) is 0 Å². The van der Waals surface area contributed by atoms with Gasteiger partial charge in [-0.3, -0.25) is 9.59 Å². The van der Waals surface area contributed by atoms with Crippen molar-refractivity contribution in [1.82, 2.24) is 5.06 Å². The number of hydrogen-bond acceptors (Lipinski definition) is 4. The van der Waals surface area contributed by atoms with Crippen LogP contribution in [0.2, 0.25) is 0 Å². The number of carbonyl (C=O) groups is 3. The molecule has 1 fully saturated rings. The molecule has 5 nitrogen and oxygen atoms in total. The smallest absolute Gasteiger partial charge is 0.330 e. The first-order valence-corrected chi connectivity index (χ1v) is 6.02. The van der Waals surface area contributed by atoms with E-state index in [4.69, 9.17) is 4.84 Å². The highest BCUT2D eigenvalue weighted by atomic mass is 16.7. The van der Waals surface area contributed by atoms with Gasteiger partial charge in [0.05, 0.1) is 5.41 Å². The van der Waals surface area contributed by atoms with E-state index in [1.807, 2.05) is 13.8 Å². The maximum Gasteiger partial charge on any atom is 0.338 e. The number of hydrogen-bond donors (Lipinski definition) is 0. The van der Waals surface area contributed by atoms with Crippen LogP contribution in [0.25, 0.3) is 0 Å². The summed E-state index contributed by atoms with van der Waals surface area (Å²) in [7, 11) is 0. The van der Waals surface area contributed by atoms with E-state index in [2.05, 4.69) is 0 Å². The molecular formula is C12H19NO4. The Kier molecular flexibility index (Phi) is 4.26. The highest BCUT2D eigenvalue weighted by Gasteiger charge is 2.39. The van der Waals surface area contributed by atoms with Crippen LogP contribution in [-0.4, -0.2) is 22.8 Å². The van der Waals surface area contributed by atoms with Gasteiger partial charge in [0.2, 0.25) is 0 Å². The lowest BCUT2D eigenvalue weighted by atomic mass is 9.83. The summed E-state index contributed by atoms with van der Waals surface area (Å²) in [5.74, 6) is -1.36. The Balaban J connectivity index is 2.70. The van der Waals surface area contributed by atoms with Gasteiger partial charge in [0.25, 0.3) is 11.8 Å². The number of rotatable bonds is 5. The van der Waals surface area contributed by atoms with E-state index in [1.54, 1.807) is 6.92 Å². The van der Waals surface area contributed by atoms with Crippen molar-refractivity contribution in [2.45, 2.75) is 52.9 Å². The lowest BCUT2D eigenvalue weighted by molar-refractivity contribution is -0.205. The van der Waals surface area contributed by atoms with E-state index >= 15 is 0 Å². The fourth-order valence-electron chi connectivity index (χ4n) is 1.83. The van der Waals surface area contributed by atoms with Crippen molar-refractivity contribution in [2.75, 3.05) is 0 Å². The molecule has 2 amide bonds. The molecule has 96 valence electrons. The van der Waals surface area contributed by atoms with Crippen LogP contribution in [0.5, 0.6) is 0 Å². The average Bonchev–Trinajstić information content (AvgIpc) is 2.60. The second-order valence-electron chi connectivity index (χ2n) is 4.62. The summed E-state index contributed by atoms with van der Waals surface area (Å²) in [6.45, 7) is 5.67. The highest BCUT2D eigenvalue weighted by molar-refractivity contribution is 6.01. The molecule has 1 atom stereocenters. The Morgan fingerprint density at radius 3 is 2.24 bits per heavy atom. The zero-order valence-electron chi connectivity index (χ0n) is 10.6. The zero-order valence-corrected chi connectivity index (χ0v) is 10.6. The van der Waals surface area contributed by atoms with Crippen LogP contribution in [-0.2, 0) is 19.2 Å². The quantitative estimate of drug-likeness (QED) is 0.688. The van der Waals surface area contributed by atoms with E-state index in [1.165, 1.54) is 0 Å². The molecule has 1 aliphatic heterocycles. The summed E-state index contributed by atoms with van der Waals surface area (Å²) in [4.78, 5) is 39.5. The predicted molar refractivity (Wildman–Crippen MR) is 60.5 cm³/mol. The van der Waals surface area contributed by atoms with Gasteiger partial charge in [-0.2, -0.15) is 0 Å². The summed E-state index contributed by atoms with van der Waals surface area (Å²) >= 11 is 0. The molecule has 17 heavy (non-hydrogen) atoms. The van der Waals surface area contributed by atoms with Gasteiger partial charge in [-0.15, -0.1) is 5.06 Å². The number of hydroxylamine groups is 2. The molecule has 0 aromatic rings. The molecule has 5 heteroatoms. The van der Waals surface area contributed by atoms with Crippen molar-refractivity contribution in [3.05, 3.63) is 0 Å². The van der Waals surface area contributed by atoms with Gasteiger partial charge in [-0.25, -0.2) is 4.79 Å². The second-order valence-corrected chi connectivity index (χ2v) is 4.62. The predicted octanol–water partition coefficient (Wildman–Crippen LogP) is 1.81. The summed E-state index contributed by atoms with van der Waals surface area (Å²) in [5, 5.41) is 0.617. The summed E-state index contributed by atoms with van der Waals surface area (Å²) in [6.07, 6.45) is 2.40. The SMILES string of the molecule is CCCC(C)(CC)C(=O)ON1C(=O)CCC1=O. The molecule has 0 bridgehead atoms. The Hall–Kier alpha value is -1.39. The van der Waals surface area contributed by atoms with Crippen LogP contribution in [0.1, 0.15) is 52.9 Å². The summed E-state index contributed by atoms with van der Waals surface area (Å²) in [5.41, 5.74) is -0.627. The zero-order chi connectivity index (χ0) is 13.1. The number of amides is 2. The minimum Gasteiger partial charge on any atom is -0.330 e. The third kappa shape index (κ3) is 2.84. The second kappa shape index (κ2) is 5.29. The molecular weight excluding hydrogens is 222 g/mol. The van der Waals surface area contributed by atoms with Gasteiger partial charge < -0.3 is 4.84 Å². The van der Waals surface area contributed by atoms with Crippen molar-refractivity contribution >= 4 is 17.8 Å². The van der Waals surface area contributed by atoms with Crippen molar-refractivity contribution in [2.24, 2.45) is 5.41 Å². The van der Waals surface area contributed by atoms with Gasteiger partial charge >= 0.3 is 5.97 Å². The lowest BCUT2D eigenvalue weighted by Gasteiger charge is -2.26. The Morgan fingerprint density at radius 2 is 1.82 bits per heavy atom. The summed E-state index contributed by atoms with van der Waals surface area (Å²) in [6, 6.07) is 0. The third-order valence-corrected chi connectivity index (χ3v) is 3.25. The maximum absolute atomic E-state index is 12.0. The van der Waals surface area contributed by atoms with E-state index < -0.39 is 23.2 Å². The van der Waals surface area contributed by atoms with Crippen molar-refractivity contribution in [3.63, 3.8) is 0 Å². The van der Waals surface area contributed by atoms with Gasteiger partial charge in [0, 0.05) is 12.8 Å². The van der Waals surface area contributed by atoms with Crippen LogP contribution in [0.3, 0.4) is 0 Å². The number of imide groups is 1. The first-order chi connectivity index (χ1) is 7.94. The molecule has 1 rings (SSSR count). The molecule has 0 aromatic heterocycles. The van der Waals surface area contributed by atoms with Gasteiger partial charge in [-0.05, 0) is 19.8 Å². The van der Waals surface area contributed by atoms with Crippen LogP contribution < -0.4 is 0 Å². The van der Waals surface area contributed by atoms with Crippen molar-refractivity contribution in [3.8, 4) is 0 Å². The van der Waals surface area contributed by atoms with Crippen LogP contribution in [0.4, 0.5) is 0 Å². The van der Waals surface area contributed by atoms with Crippen molar-refractivity contribution in [1.29, 1.82) is 0 Å². The molecule has 0 saturated carbocycles. The van der Waals surface area contributed by atoms with E-state index in [9.17, 15) is 14.4 Å². The molecule has 0 radical (unpaired) electrons. The Morgan fingerprint density at radius 1 is 1.29 bits per heavy atom. The minimum absolute atomic E-state index is 0.128. The first kappa shape index (κ1) is 13.7. The highest BCUT2D eigenvalue weighted by Crippen LogP contribution is 2.30. The maximum atomic E-state index is 12.0. The molecule has 1 aliphatic rings. The normalized spacial score (nSPS) is 19.4. The molecule has 1 unspecified atom stereocenters. The van der Waals surface area contributed by atoms with E-state index in [0.717, 1.165) is 6.42 Å². The van der Waals surface area contributed by atoms with E-state index in [0.29, 0.717) is 17.9 Å². The average molecular weight is 241 g/mol. The molecule has 0 aromatic carbocycles. The van der Waals surface area contributed by atoms with E-state index in [-0.39, 0.29) is 12.8 Å². The fourth-order valence-corrected chi connectivity index (χ4v) is 1.83. The van der Waals surface area contributed by atoms with Gasteiger partial charge in [-0.1, -0.05) is 20.3 Å². The minimum atomic E-state index is -0.627.